The van der Waals surface area contributed by atoms with Crippen LogP contribution in [0.5, 0.6) is 5.75 Å². The minimum Gasteiger partial charge on any atom is -0.506 e. The van der Waals surface area contributed by atoms with Crippen LogP contribution in [0.4, 0.5) is 0 Å². The van der Waals surface area contributed by atoms with Crippen molar-refractivity contribution < 1.29 is 38.7 Å². The zero-order chi connectivity index (χ0) is 37.2. The molecule has 0 radical (unpaired) electrons. The monoisotopic (exact) mass is 398 g/mol. The van der Waals surface area contributed by atoms with E-state index in [1.165, 1.54) is 5.32 Å². The number of hydrogen-bond acceptors (Lipinski definition) is 5. The lowest BCUT2D eigenvalue weighted by Gasteiger charge is -2.26. The molecule has 0 aromatic carbocycles. The van der Waals surface area contributed by atoms with Crippen molar-refractivity contribution in [2.75, 3.05) is 26.0 Å². The van der Waals surface area contributed by atoms with Crippen LogP contribution in [0.25, 0.3) is 10.2 Å². The molecule has 2 aromatic rings. The van der Waals surface area contributed by atoms with E-state index in [1.807, 2.05) is 0 Å². The Labute approximate surface area is 186 Å². The molecule has 7 heteroatoms. The summed E-state index contributed by atoms with van der Waals surface area (Å²) in [6.45, 7) is -22.9. The number of fused-ring (bicyclic) bond motifs is 1. The van der Waals surface area contributed by atoms with E-state index in [4.69, 9.17) is 28.8 Å². The molecule has 3 rings (SSSR count). The van der Waals surface area contributed by atoms with E-state index in [9.17, 15) is 14.7 Å². The zero-order valence-electron chi connectivity index (χ0n) is 33.9. The van der Waals surface area contributed by atoms with Crippen molar-refractivity contribution in [1.29, 1.82) is 0 Å². The summed E-state index contributed by atoms with van der Waals surface area (Å²) in [5.74, 6) is -3.15. The number of nitrogens with zero attached hydrogens (tertiary/aromatic N) is 2. The Hall–Kier alpha value is -1.86. The highest BCUT2D eigenvalue weighted by Gasteiger charge is 2.23. The molecule has 0 saturated carbocycles. The number of aromatic nitrogens is 1. The fraction of sp³-hybridized carbons (Fsp3) is 0.579. The summed E-state index contributed by atoms with van der Waals surface area (Å²) in [6.07, 6.45) is -13.7. The van der Waals surface area contributed by atoms with Crippen LogP contribution < -0.4 is 10.9 Å². The van der Waals surface area contributed by atoms with Crippen LogP contribution in [-0.2, 0) is 0 Å². The fourth-order valence-corrected chi connectivity index (χ4v) is 3.02. The molecule has 1 aliphatic rings. The molecule has 26 heavy (non-hydrogen) atoms. The molecule has 0 aliphatic carbocycles. The first-order valence-electron chi connectivity index (χ1n) is 17.5. The third kappa shape index (κ3) is 3.78. The molecule has 1 aliphatic heterocycles. The van der Waals surface area contributed by atoms with E-state index >= 15 is 0 Å². The van der Waals surface area contributed by atoms with E-state index < -0.39 is 109 Å². The average Bonchev–Trinajstić information content (AvgIpc) is 3.29. The molecule has 0 atom stereocenters. The normalized spacial score (nSPS) is 39.8. The molecule has 1 fully saturated rings. The standard InChI is InChI=1S/C19H27N3O3S/c1-13(2)22-18(25)15(16(23)14-7-12-26-19(14)22)17(24)20-8-6-11-21-9-4-3-5-10-21/h7,12-13,23H,3-6,8-11H2,1-2H3,(H,20,24)/i1D3,2D3,3D2,4D2,5D2,8D2,9D2,10D2,11D2,13D. The van der Waals surface area contributed by atoms with Gasteiger partial charge in [0.2, 0.25) is 0 Å². The first-order chi connectivity index (χ1) is 20.5. The highest BCUT2D eigenvalue weighted by molar-refractivity contribution is 7.16. The van der Waals surface area contributed by atoms with Crippen LogP contribution in [-0.4, -0.2) is 46.5 Å². The second-order valence-electron chi connectivity index (χ2n) is 4.75. The van der Waals surface area contributed by atoms with Crippen LogP contribution in [0.15, 0.2) is 16.2 Å². The van der Waals surface area contributed by atoms with Crippen molar-refractivity contribution in [3.8, 4) is 5.75 Å². The number of rotatable bonds is 6. The van der Waals surface area contributed by atoms with Crippen LogP contribution in [0.3, 0.4) is 0 Å². The summed E-state index contributed by atoms with van der Waals surface area (Å²) in [6, 6.07) is -2.75. The van der Waals surface area contributed by atoms with E-state index in [2.05, 4.69) is 0 Å². The molecule has 0 bridgehead atoms. The number of carbonyl (C=O) groups excluding carboxylic acids is 1. The molecule has 0 spiro atoms. The maximum absolute atomic E-state index is 13.6. The minimum atomic E-state index is -4.02. The summed E-state index contributed by atoms with van der Waals surface area (Å²) in [5.41, 5.74) is -3.38. The van der Waals surface area contributed by atoms with Crippen LogP contribution in [0.1, 0.15) is 84.4 Å². The number of amides is 1. The van der Waals surface area contributed by atoms with E-state index in [0.717, 1.165) is 11.4 Å². The summed E-state index contributed by atoms with van der Waals surface area (Å²) < 4.78 is 168. The molecule has 2 N–H and O–H groups in total. The van der Waals surface area contributed by atoms with Gasteiger partial charge in [0.15, 0.2) is 0 Å². The van der Waals surface area contributed by atoms with Gasteiger partial charge in [0.05, 0.1) is 6.76 Å². The second kappa shape index (κ2) is 8.22. The lowest BCUT2D eigenvalue weighted by molar-refractivity contribution is 0.0946. The van der Waals surface area contributed by atoms with Gasteiger partial charge in [-0.1, -0.05) is 6.37 Å². The fourth-order valence-electron chi connectivity index (χ4n) is 2.11. The van der Waals surface area contributed by atoms with Crippen molar-refractivity contribution in [2.24, 2.45) is 0 Å². The molecule has 1 saturated heterocycles. The van der Waals surface area contributed by atoms with Crippen molar-refractivity contribution in [3.63, 3.8) is 0 Å². The first-order valence-corrected chi connectivity index (χ1v) is 7.87. The van der Waals surface area contributed by atoms with Crippen molar-refractivity contribution in [3.05, 3.63) is 27.4 Å². The summed E-state index contributed by atoms with van der Waals surface area (Å²) in [7, 11) is 0. The average molecular weight is 399 g/mol. The number of piperidine rings is 1. The van der Waals surface area contributed by atoms with Gasteiger partial charge in [-0.25, -0.2) is 0 Å². The van der Waals surface area contributed by atoms with E-state index in [1.54, 1.807) is 0 Å². The number of nitrogens with one attached hydrogen (secondary N) is 1. The van der Waals surface area contributed by atoms with E-state index in [-0.39, 0.29) is 4.57 Å². The second-order valence-corrected chi connectivity index (χ2v) is 5.65. The Kier molecular flexibility index (Phi) is 1.84. The van der Waals surface area contributed by atoms with Crippen molar-refractivity contribution in [1.82, 2.24) is 14.8 Å². The summed E-state index contributed by atoms with van der Waals surface area (Å²) in [5, 5.41) is 12.9. The number of hydrogen-bond donors (Lipinski definition) is 2. The molecule has 0 unspecified atom stereocenters. The molecule has 3 heterocycles. The van der Waals surface area contributed by atoms with Gasteiger partial charge in [-0.3, -0.25) is 14.2 Å². The number of likely N-dealkylation sites (tertiary alicyclic amines) is 1. The molecule has 2 aromatic heterocycles. The molecule has 6 nitrogen and oxygen atoms in total. The Morgan fingerprint density at radius 2 is 2.27 bits per heavy atom. The SMILES string of the molecule is [2H]C([2H])(CC([2H])([2H])N1C([2H])([2H])C([2H])([2H])C([2H])([2H])C([2H])([2H])C1([2H])[2H])NC(=O)c1c(O)c2ccsc2n(C([2H])(C([2H])([2H])[2H])C([2H])([2H])[2H])c1=O. The smallest absolute Gasteiger partial charge is 0.268 e. The lowest BCUT2D eigenvalue weighted by atomic mass is 10.1. The minimum absolute atomic E-state index is 0.0780. The van der Waals surface area contributed by atoms with Crippen LogP contribution in [0.2, 0.25) is 0 Å². The maximum Gasteiger partial charge on any atom is 0.268 e. The van der Waals surface area contributed by atoms with Gasteiger partial charge in [-0.15, -0.1) is 11.3 Å². The lowest BCUT2D eigenvalue weighted by Crippen LogP contribution is -2.36. The quantitative estimate of drug-likeness (QED) is 0.784. The predicted octanol–water partition coefficient (Wildman–Crippen LogP) is 2.96. The number of carbonyl (C=O) groups is 1. The van der Waals surface area contributed by atoms with Gasteiger partial charge in [0.1, 0.15) is 16.1 Å². The summed E-state index contributed by atoms with van der Waals surface area (Å²) >= 11 is 0.521. The van der Waals surface area contributed by atoms with Gasteiger partial charge < -0.3 is 15.3 Å². The van der Waals surface area contributed by atoms with Gasteiger partial charge in [-0.05, 0) is 63.8 Å². The number of pyridine rings is 1. The van der Waals surface area contributed by atoms with Crippen molar-refractivity contribution in [2.45, 2.75) is 45.3 Å². The number of aromatic hydroxyl groups is 1. The highest BCUT2D eigenvalue weighted by Crippen LogP contribution is 2.31. The van der Waals surface area contributed by atoms with Crippen molar-refractivity contribution >= 4 is 27.5 Å². The molecule has 142 valence electrons. The number of thiophene rings is 1. The maximum atomic E-state index is 13.6. The van der Waals surface area contributed by atoms with Gasteiger partial charge in [0, 0.05) is 39.9 Å². The van der Waals surface area contributed by atoms with Crippen LogP contribution >= 0.6 is 11.3 Å². The Balaban J connectivity index is 2.17. The zero-order valence-corrected chi connectivity index (χ0v) is 13.7. The largest absolute Gasteiger partial charge is 0.506 e. The Bertz CT molecular complexity index is 1600. The first kappa shape index (κ1) is 5.82. The van der Waals surface area contributed by atoms with E-state index in [0.29, 0.717) is 11.3 Å². The van der Waals surface area contributed by atoms with Crippen LogP contribution in [0, 0.1) is 0 Å². The van der Waals surface area contributed by atoms with Gasteiger partial charge in [-0.2, -0.15) is 0 Å². The third-order valence-corrected chi connectivity index (χ3v) is 4.09. The predicted molar refractivity (Wildman–Crippen MR) is 105 cm³/mol. The Morgan fingerprint density at radius 1 is 1.50 bits per heavy atom. The topological polar surface area (TPSA) is 74.6 Å². The highest BCUT2D eigenvalue weighted by atomic mass is 32.1. The third-order valence-electron chi connectivity index (χ3n) is 3.20. The molecule has 1 amide bonds. The molecular weight excluding hydrogens is 350 g/mol. The van der Waals surface area contributed by atoms with Gasteiger partial charge in [0.25, 0.3) is 11.5 Å². The summed E-state index contributed by atoms with van der Waals surface area (Å²) in [4.78, 5) is 25.7. The Morgan fingerprint density at radius 3 is 3.00 bits per heavy atom. The van der Waals surface area contributed by atoms with Gasteiger partial charge >= 0.3 is 0 Å². The molecular formula is C19H27N3O3S.